The van der Waals surface area contributed by atoms with Gasteiger partial charge in [-0.25, -0.2) is 0 Å². The largest absolute Gasteiger partial charge is 0.396 e. The maximum absolute atomic E-state index is 11.1. The number of hydrogen-bond donors (Lipinski definition) is 2. The van der Waals surface area contributed by atoms with Gasteiger partial charge >= 0.3 is 0 Å². The van der Waals surface area contributed by atoms with Gasteiger partial charge in [0.1, 0.15) is 0 Å². The van der Waals surface area contributed by atoms with E-state index in [9.17, 15) is 4.79 Å². The van der Waals surface area contributed by atoms with Crippen molar-refractivity contribution in [3.63, 3.8) is 0 Å². The fraction of sp³-hybridized carbons (Fsp3) is 0.889. The molecule has 0 aliphatic carbocycles. The standard InChI is InChI=1S/C9H20N2O2/c1-4-7(6-12)8(9(10)13)11(3)5-2/h7-8,12H,4-6H2,1-3H3,(H2,10,13). The van der Waals surface area contributed by atoms with Crippen LogP contribution in [0, 0.1) is 5.92 Å². The third kappa shape index (κ3) is 3.32. The van der Waals surface area contributed by atoms with E-state index in [1.807, 2.05) is 25.8 Å². The molecule has 2 unspecified atom stereocenters. The molecule has 0 heterocycles. The number of aliphatic hydroxyl groups excluding tert-OH is 1. The fourth-order valence-electron chi connectivity index (χ4n) is 1.46. The molecule has 2 atom stereocenters. The third-order valence-electron chi connectivity index (χ3n) is 2.47. The maximum Gasteiger partial charge on any atom is 0.235 e. The van der Waals surface area contributed by atoms with Crippen LogP contribution in [0.15, 0.2) is 0 Å². The van der Waals surface area contributed by atoms with Gasteiger partial charge in [0.2, 0.25) is 5.91 Å². The summed E-state index contributed by atoms with van der Waals surface area (Å²) in [5, 5.41) is 9.06. The SMILES string of the molecule is CCC(CO)C(C(N)=O)N(C)CC. The minimum atomic E-state index is -0.356. The molecular formula is C9H20N2O2. The normalized spacial score (nSPS) is 15.8. The van der Waals surface area contributed by atoms with E-state index >= 15 is 0 Å². The van der Waals surface area contributed by atoms with E-state index in [-0.39, 0.29) is 24.5 Å². The van der Waals surface area contributed by atoms with Crippen LogP contribution in [0.2, 0.25) is 0 Å². The zero-order valence-electron chi connectivity index (χ0n) is 8.66. The van der Waals surface area contributed by atoms with Crippen molar-refractivity contribution in [2.45, 2.75) is 26.3 Å². The lowest BCUT2D eigenvalue weighted by Crippen LogP contribution is -2.48. The predicted molar refractivity (Wildman–Crippen MR) is 52.2 cm³/mol. The van der Waals surface area contributed by atoms with E-state index < -0.39 is 0 Å². The first-order chi connectivity index (χ1) is 6.08. The van der Waals surface area contributed by atoms with Gasteiger partial charge in [-0.1, -0.05) is 13.8 Å². The minimum Gasteiger partial charge on any atom is -0.396 e. The summed E-state index contributed by atoms with van der Waals surface area (Å²) in [6.07, 6.45) is 0.758. The number of primary amides is 1. The van der Waals surface area contributed by atoms with Crippen molar-refractivity contribution in [2.75, 3.05) is 20.2 Å². The summed E-state index contributed by atoms with van der Waals surface area (Å²) in [6.45, 7) is 4.67. The number of nitrogens with two attached hydrogens (primary N) is 1. The Labute approximate surface area is 79.7 Å². The Morgan fingerprint density at radius 3 is 2.31 bits per heavy atom. The number of carbonyl (C=O) groups excluding carboxylic acids is 1. The highest BCUT2D eigenvalue weighted by Gasteiger charge is 2.27. The average molecular weight is 188 g/mol. The second-order valence-electron chi connectivity index (χ2n) is 3.27. The molecule has 0 bridgehead atoms. The van der Waals surface area contributed by atoms with Crippen LogP contribution in [0.4, 0.5) is 0 Å². The molecule has 4 heteroatoms. The monoisotopic (exact) mass is 188 g/mol. The van der Waals surface area contributed by atoms with Gasteiger partial charge in [-0.3, -0.25) is 9.69 Å². The average Bonchev–Trinajstić information content (AvgIpc) is 2.12. The van der Waals surface area contributed by atoms with Gasteiger partial charge in [0.25, 0.3) is 0 Å². The summed E-state index contributed by atoms with van der Waals surface area (Å²) in [6, 6.07) is -0.347. The molecule has 0 saturated carbocycles. The topological polar surface area (TPSA) is 66.6 Å². The first kappa shape index (κ1) is 12.4. The molecule has 3 N–H and O–H groups in total. The second kappa shape index (κ2) is 5.94. The Morgan fingerprint density at radius 1 is 1.54 bits per heavy atom. The molecule has 0 rings (SSSR count). The van der Waals surface area contributed by atoms with Crippen molar-refractivity contribution in [2.24, 2.45) is 11.7 Å². The molecule has 0 fully saturated rings. The van der Waals surface area contributed by atoms with Crippen LogP contribution >= 0.6 is 0 Å². The molecule has 4 nitrogen and oxygen atoms in total. The molecular weight excluding hydrogens is 168 g/mol. The Balaban J connectivity index is 4.47. The van der Waals surface area contributed by atoms with Gasteiger partial charge in [0, 0.05) is 12.5 Å². The summed E-state index contributed by atoms with van der Waals surface area (Å²) in [7, 11) is 1.84. The Morgan fingerprint density at radius 2 is 2.08 bits per heavy atom. The van der Waals surface area contributed by atoms with Gasteiger partial charge in [0.15, 0.2) is 0 Å². The third-order valence-corrected chi connectivity index (χ3v) is 2.47. The van der Waals surface area contributed by atoms with E-state index in [2.05, 4.69) is 0 Å². The van der Waals surface area contributed by atoms with Crippen LogP contribution in [-0.4, -0.2) is 42.2 Å². The lowest BCUT2D eigenvalue weighted by atomic mass is 9.96. The van der Waals surface area contributed by atoms with Crippen molar-refractivity contribution in [1.82, 2.24) is 4.90 Å². The van der Waals surface area contributed by atoms with Crippen molar-refractivity contribution in [3.05, 3.63) is 0 Å². The highest BCUT2D eigenvalue weighted by Crippen LogP contribution is 2.12. The van der Waals surface area contributed by atoms with Crippen molar-refractivity contribution >= 4 is 5.91 Å². The number of hydrogen-bond acceptors (Lipinski definition) is 3. The van der Waals surface area contributed by atoms with Crippen LogP contribution in [0.3, 0.4) is 0 Å². The van der Waals surface area contributed by atoms with Crippen LogP contribution in [-0.2, 0) is 4.79 Å². The van der Waals surface area contributed by atoms with E-state index in [0.717, 1.165) is 13.0 Å². The predicted octanol–water partition coefficient (Wildman–Crippen LogP) is -0.189. The first-order valence-electron chi connectivity index (χ1n) is 4.68. The zero-order chi connectivity index (χ0) is 10.4. The molecule has 78 valence electrons. The quantitative estimate of drug-likeness (QED) is 0.607. The van der Waals surface area contributed by atoms with Crippen molar-refractivity contribution in [3.8, 4) is 0 Å². The highest BCUT2D eigenvalue weighted by molar-refractivity contribution is 5.80. The van der Waals surface area contributed by atoms with Crippen LogP contribution in [0.5, 0.6) is 0 Å². The molecule has 0 saturated heterocycles. The Bertz CT molecular complexity index is 158. The molecule has 0 spiro atoms. The first-order valence-corrected chi connectivity index (χ1v) is 4.68. The van der Waals surface area contributed by atoms with E-state index in [1.165, 1.54) is 0 Å². The Hall–Kier alpha value is -0.610. The minimum absolute atomic E-state index is 0.00838. The number of amides is 1. The summed E-state index contributed by atoms with van der Waals surface area (Å²) in [5.41, 5.74) is 5.27. The lowest BCUT2D eigenvalue weighted by molar-refractivity contribution is -0.125. The fourth-order valence-corrected chi connectivity index (χ4v) is 1.46. The van der Waals surface area contributed by atoms with Crippen LogP contribution in [0.1, 0.15) is 20.3 Å². The van der Waals surface area contributed by atoms with E-state index in [4.69, 9.17) is 10.8 Å². The number of aliphatic hydroxyl groups is 1. The summed E-state index contributed by atoms with van der Waals surface area (Å²) in [4.78, 5) is 13.0. The molecule has 0 aromatic carbocycles. The smallest absolute Gasteiger partial charge is 0.235 e. The van der Waals surface area contributed by atoms with Crippen molar-refractivity contribution < 1.29 is 9.90 Å². The van der Waals surface area contributed by atoms with Gasteiger partial charge < -0.3 is 10.8 Å². The van der Waals surface area contributed by atoms with Crippen LogP contribution in [0.25, 0.3) is 0 Å². The molecule has 1 amide bonds. The van der Waals surface area contributed by atoms with E-state index in [1.54, 1.807) is 0 Å². The number of carbonyl (C=O) groups is 1. The molecule has 0 radical (unpaired) electrons. The molecule has 0 aliphatic heterocycles. The van der Waals surface area contributed by atoms with Gasteiger partial charge in [-0.2, -0.15) is 0 Å². The lowest BCUT2D eigenvalue weighted by Gasteiger charge is -2.29. The van der Waals surface area contributed by atoms with Crippen molar-refractivity contribution in [1.29, 1.82) is 0 Å². The Kier molecular flexibility index (Phi) is 5.66. The summed E-state index contributed by atoms with van der Waals surface area (Å²) >= 11 is 0. The number of likely N-dealkylation sites (N-methyl/N-ethyl adjacent to an activating group) is 1. The van der Waals surface area contributed by atoms with Crippen LogP contribution < -0.4 is 5.73 Å². The van der Waals surface area contributed by atoms with Gasteiger partial charge in [-0.05, 0) is 20.0 Å². The molecule has 13 heavy (non-hydrogen) atoms. The molecule has 0 aromatic rings. The maximum atomic E-state index is 11.1. The molecule has 0 aliphatic rings. The number of nitrogens with zero attached hydrogens (tertiary/aromatic N) is 1. The number of rotatable bonds is 6. The zero-order valence-corrected chi connectivity index (χ0v) is 8.66. The van der Waals surface area contributed by atoms with E-state index in [0.29, 0.717) is 0 Å². The van der Waals surface area contributed by atoms with Gasteiger partial charge in [-0.15, -0.1) is 0 Å². The molecule has 0 aromatic heterocycles. The second-order valence-corrected chi connectivity index (χ2v) is 3.27. The summed E-state index contributed by atoms with van der Waals surface area (Å²) < 4.78 is 0. The van der Waals surface area contributed by atoms with Gasteiger partial charge in [0.05, 0.1) is 6.04 Å². The summed E-state index contributed by atoms with van der Waals surface area (Å²) in [5.74, 6) is -0.410. The highest BCUT2D eigenvalue weighted by atomic mass is 16.3.